The van der Waals surface area contributed by atoms with Crippen LogP contribution in [0.15, 0.2) is 69.1 Å². The smallest absolute Gasteiger partial charge is 0.206 e. The van der Waals surface area contributed by atoms with Crippen LogP contribution in [0.25, 0.3) is 21.1 Å². The Labute approximate surface area is 166 Å². The highest BCUT2D eigenvalue weighted by Crippen LogP contribution is 2.29. The highest BCUT2D eigenvalue weighted by Gasteiger charge is 2.18. The summed E-state index contributed by atoms with van der Waals surface area (Å²) in [5, 5.41) is 5.73. The molecule has 7 heteroatoms. The molecule has 0 aliphatic carbocycles. The maximum absolute atomic E-state index is 12.9. The molecule has 0 bridgehead atoms. The summed E-state index contributed by atoms with van der Waals surface area (Å²) in [7, 11) is -3.56. The second kappa shape index (κ2) is 6.99. The fourth-order valence-corrected chi connectivity index (χ4v) is 5.53. The van der Waals surface area contributed by atoms with E-state index in [1.807, 2.05) is 24.6 Å². The number of aryl methyl sites for hydroxylation is 2. The quantitative estimate of drug-likeness (QED) is 0.451. The molecule has 4 rings (SSSR count). The number of hydrogen-bond donors (Lipinski definition) is 0. The number of rotatable bonds is 4. The second-order valence-corrected chi connectivity index (χ2v) is 9.81. The van der Waals surface area contributed by atoms with Gasteiger partial charge in [0.05, 0.1) is 9.79 Å². The van der Waals surface area contributed by atoms with Crippen LogP contribution in [0.1, 0.15) is 11.4 Å². The number of benzene rings is 2. The molecule has 4 aromatic rings. The molecule has 2 aromatic carbocycles. The van der Waals surface area contributed by atoms with Crippen molar-refractivity contribution in [3.63, 3.8) is 0 Å². The monoisotopic (exact) mass is 412 g/mol. The highest BCUT2D eigenvalue weighted by molar-refractivity contribution is 7.91. The molecule has 0 N–H and O–H groups in total. The van der Waals surface area contributed by atoms with Crippen LogP contribution in [0.3, 0.4) is 0 Å². The largest absolute Gasteiger partial charge is 0.241 e. The molecule has 0 unspecified atom stereocenters. The van der Waals surface area contributed by atoms with Crippen molar-refractivity contribution in [3.05, 3.63) is 70.7 Å². The van der Waals surface area contributed by atoms with E-state index >= 15 is 0 Å². The number of thiazole rings is 2. The van der Waals surface area contributed by atoms with Crippen LogP contribution in [0, 0.1) is 13.8 Å². The van der Waals surface area contributed by atoms with E-state index in [2.05, 4.69) is 9.97 Å². The summed E-state index contributed by atoms with van der Waals surface area (Å²) in [4.78, 5) is 9.42. The molecule has 0 saturated carbocycles. The Morgan fingerprint density at radius 1 is 0.667 bits per heavy atom. The first kappa shape index (κ1) is 18.0. The Hall–Kier alpha value is -2.35. The summed E-state index contributed by atoms with van der Waals surface area (Å²) in [6.45, 7) is 3.88. The standard InChI is InChI=1S/C20H16N2O2S3/c1-13-11-25-19(21-13)15-3-7-17(8-4-15)27(23,24)18-9-5-16(6-10-18)20-22-14(2)12-26-20/h3-12H,1-2H3. The van der Waals surface area contributed by atoms with E-state index in [9.17, 15) is 8.42 Å². The molecule has 0 amide bonds. The van der Waals surface area contributed by atoms with Crippen molar-refractivity contribution in [1.29, 1.82) is 0 Å². The van der Waals surface area contributed by atoms with Crippen molar-refractivity contribution in [1.82, 2.24) is 9.97 Å². The normalized spacial score (nSPS) is 11.6. The van der Waals surface area contributed by atoms with Gasteiger partial charge in [0.25, 0.3) is 0 Å². The van der Waals surface area contributed by atoms with Gasteiger partial charge in [-0.05, 0) is 38.1 Å². The SMILES string of the molecule is Cc1csc(-c2ccc(S(=O)(=O)c3ccc(-c4nc(C)cs4)cc3)cc2)n1. The molecule has 0 radical (unpaired) electrons. The van der Waals surface area contributed by atoms with E-state index in [1.54, 1.807) is 71.2 Å². The third-order valence-electron chi connectivity index (χ3n) is 4.06. The lowest BCUT2D eigenvalue weighted by molar-refractivity contribution is 0.596. The topological polar surface area (TPSA) is 59.9 Å². The molecule has 136 valence electrons. The maximum atomic E-state index is 12.9. The zero-order valence-corrected chi connectivity index (χ0v) is 17.2. The first-order chi connectivity index (χ1) is 12.9. The average molecular weight is 413 g/mol. The fraction of sp³-hybridized carbons (Fsp3) is 0.100. The molecule has 0 saturated heterocycles. The number of hydrogen-bond acceptors (Lipinski definition) is 6. The molecule has 4 nitrogen and oxygen atoms in total. The third-order valence-corrected chi connectivity index (χ3v) is 7.87. The van der Waals surface area contributed by atoms with Crippen LogP contribution < -0.4 is 0 Å². The van der Waals surface area contributed by atoms with E-state index < -0.39 is 9.84 Å². The van der Waals surface area contributed by atoms with Crippen molar-refractivity contribution in [2.24, 2.45) is 0 Å². The Bertz CT molecular complexity index is 1100. The minimum atomic E-state index is -3.56. The summed E-state index contributed by atoms with van der Waals surface area (Å²) in [6.07, 6.45) is 0. The van der Waals surface area contributed by atoms with Crippen LogP contribution in [0.4, 0.5) is 0 Å². The van der Waals surface area contributed by atoms with Gasteiger partial charge < -0.3 is 0 Å². The van der Waals surface area contributed by atoms with Crippen molar-refractivity contribution in [2.75, 3.05) is 0 Å². The van der Waals surface area contributed by atoms with Crippen molar-refractivity contribution >= 4 is 32.5 Å². The lowest BCUT2D eigenvalue weighted by Gasteiger charge is -2.06. The van der Waals surface area contributed by atoms with Crippen LogP contribution in [0.2, 0.25) is 0 Å². The van der Waals surface area contributed by atoms with Gasteiger partial charge in [0.15, 0.2) is 0 Å². The minimum Gasteiger partial charge on any atom is -0.241 e. The van der Waals surface area contributed by atoms with Crippen molar-refractivity contribution < 1.29 is 8.42 Å². The van der Waals surface area contributed by atoms with E-state index in [-0.39, 0.29) is 9.79 Å². The predicted octanol–water partition coefficient (Wildman–Crippen LogP) is 5.38. The Morgan fingerprint density at radius 2 is 1.04 bits per heavy atom. The van der Waals surface area contributed by atoms with Gasteiger partial charge in [0, 0.05) is 33.3 Å². The summed E-state index contributed by atoms with van der Waals surface area (Å²) in [5.74, 6) is 0. The van der Waals surface area contributed by atoms with E-state index in [0.717, 1.165) is 32.5 Å². The average Bonchev–Trinajstić information content (AvgIpc) is 3.30. The summed E-state index contributed by atoms with van der Waals surface area (Å²) >= 11 is 3.10. The first-order valence-corrected chi connectivity index (χ1v) is 11.5. The van der Waals surface area contributed by atoms with Gasteiger partial charge in [-0.3, -0.25) is 0 Å². The predicted molar refractivity (Wildman–Crippen MR) is 110 cm³/mol. The Kier molecular flexibility index (Phi) is 4.67. The molecule has 2 heterocycles. The lowest BCUT2D eigenvalue weighted by Crippen LogP contribution is -2.01. The molecule has 27 heavy (non-hydrogen) atoms. The Morgan fingerprint density at radius 3 is 1.33 bits per heavy atom. The van der Waals surface area contributed by atoms with Gasteiger partial charge in [-0.1, -0.05) is 24.3 Å². The molecule has 2 aromatic heterocycles. The van der Waals surface area contributed by atoms with Gasteiger partial charge in [-0.2, -0.15) is 0 Å². The second-order valence-electron chi connectivity index (χ2n) is 6.14. The molecule has 0 aliphatic rings. The number of sulfone groups is 1. The van der Waals surface area contributed by atoms with Crippen LogP contribution in [-0.4, -0.2) is 18.4 Å². The van der Waals surface area contributed by atoms with Gasteiger partial charge in [0.1, 0.15) is 10.0 Å². The molecule has 0 fully saturated rings. The summed E-state index contributed by atoms with van der Waals surface area (Å²) in [6, 6.07) is 13.8. The van der Waals surface area contributed by atoms with E-state index in [0.29, 0.717) is 0 Å². The lowest BCUT2D eigenvalue weighted by atomic mass is 10.2. The molecule has 0 aliphatic heterocycles. The molecular weight excluding hydrogens is 396 g/mol. The van der Waals surface area contributed by atoms with Gasteiger partial charge in [0.2, 0.25) is 9.84 Å². The van der Waals surface area contributed by atoms with Gasteiger partial charge >= 0.3 is 0 Å². The van der Waals surface area contributed by atoms with Crippen LogP contribution in [0.5, 0.6) is 0 Å². The van der Waals surface area contributed by atoms with E-state index in [4.69, 9.17) is 0 Å². The Balaban J connectivity index is 1.63. The van der Waals surface area contributed by atoms with Gasteiger partial charge in [-0.25, -0.2) is 18.4 Å². The maximum Gasteiger partial charge on any atom is 0.206 e. The van der Waals surface area contributed by atoms with Crippen molar-refractivity contribution in [2.45, 2.75) is 23.6 Å². The highest BCUT2D eigenvalue weighted by atomic mass is 32.2. The van der Waals surface area contributed by atoms with Crippen LogP contribution >= 0.6 is 22.7 Å². The fourth-order valence-electron chi connectivity index (χ4n) is 2.66. The van der Waals surface area contributed by atoms with Crippen LogP contribution in [-0.2, 0) is 9.84 Å². The van der Waals surface area contributed by atoms with Crippen molar-refractivity contribution in [3.8, 4) is 21.1 Å². The zero-order valence-electron chi connectivity index (χ0n) is 14.7. The minimum absolute atomic E-state index is 0.275. The molecular formula is C20H16N2O2S3. The van der Waals surface area contributed by atoms with Gasteiger partial charge in [-0.15, -0.1) is 22.7 Å². The molecule has 0 atom stereocenters. The summed E-state index contributed by atoms with van der Waals surface area (Å²) in [5.41, 5.74) is 3.76. The first-order valence-electron chi connectivity index (χ1n) is 8.24. The third kappa shape index (κ3) is 3.58. The zero-order chi connectivity index (χ0) is 19.0. The summed E-state index contributed by atoms with van der Waals surface area (Å²) < 4.78 is 25.8. The van der Waals surface area contributed by atoms with E-state index in [1.165, 1.54) is 0 Å². The molecule has 0 spiro atoms. The number of nitrogens with zero attached hydrogens (tertiary/aromatic N) is 2. The number of aromatic nitrogens is 2.